The first-order chi connectivity index (χ1) is 9.92. The van der Waals surface area contributed by atoms with E-state index in [1.165, 1.54) is 5.56 Å². The number of benzene rings is 2. The van der Waals surface area contributed by atoms with Crippen molar-refractivity contribution in [1.82, 2.24) is 0 Å². The summed E-state index contributed by atoms with van der Waals surface area (Å²) in [6, 6.07) is 17.7. The van der Waals surface area contributed by atoms with Gasteiger partial charge >= 0.3 is 6.16 Å². The lowest BCUT2D eigenvalue weighted by Crippen LogP contribution is -2.25. The van der Waals surface area contributed by atoms with Crippen LogP contribution in [0.4, 0.5) is 4.79 Å². The molecule has 2 aromatic rings. The Morgan fingerprint density at radius 1 is 0.905 bits per heavy atom. The van der Waals surface area contributed by atoms with Gasteiger partial charge in [-0.15, -0.1) is 0 Å². The van der Waals surface area contributed by atoms with E-state index < -0.39 is 11.8 Å². The topological polar surface area (TPSA) is 35.5 Å². The third-order valence-electron chi connectivity index (χ3n) is 2.77. The van der Waals surface area contributed by atoms with E-state index in [4.69, 9.17) is 9.47 Å². The summed E-state index contributed by atoms with van der Waals surface area (Å²) in [5, 5.41) is 0. The zero-order valence-corrected chi connectivity index (χ0v) is 12.6. The summed E-state index contributed by atoms with van der Waals surface area (Å²) in [6.07, 6.45) is 0.173. The highest BCUT2D eigenvalue weighted by Gasteiger charge is 2.17. The van der Waals surface area contributed by atoms with Crippen LogP contribution >= 0.6 is 0 Å². The number of ether oxygens (including phenoxy) is 2. The Balaban J connectivity index is 1.95. The van der Waals surface area contributed by atoms with Gasteiger partial charge in [-0.2, -0.15) is 0 Å². The van der Waals surface area contributed by atoms with Crippen LogP contribution in [0.2, 0.25) is 0 Å². The molecule has 0 spiro atoms. The van der Waals surface area contributed by atoms with Gasteiger partial charge in [-0.05, 0) is 50.5 Å². The van der Waals surface area contributed by atoms with E-state index in [0.717, 1.165) is 12.0 Å². The molecule has 0 atom stereocenters. The smallest absolute Gasteiger partial charge is 0.428 e. The lowest BCUT2D eigenvalue weighted by Gasteiger charge is -2.18. The standard InChI is InChI=1S/C18H20O3/c1-18(2,3)21-17(19)20-16-11-9-15(10-12-16)13-14-7-5-4-6-8-14/h4-12H,13H2,1-3H3. The van der Waals surface area contributed by atoms with Crippen molar-refractivity contribution < 1.29 is 14.3 Å². The van der Waals surface area contributed by atoms with Gasteiger partial charge < -0.3 is 9.47 Å². The van der Waals surface area contributed by atoms with Crippen LogP contribution in [0.25, 0.3) is 0 Å². The van der Waals surface area contributed by atoms with Crippen molar-refractivity contribution in [3.63, 3.8) is 0 Å². The van der Waals surface area contributed by atoms with Gasteiger partial charge in [0.2, 0.25) is 0 Å². The van der Waals surface area contributed by atoms with Gasteiger partial charge in [0.25, 0.3) is 0 Å². The van der Waals surface area contributed by atoms with E-state index in [1.54, 1.807) is 32.9 Å². The second-order valence-corrected chi connectivity index (χ2v) is 5.87. The Morgan fingerprint density at radius 3 is 2.05 bits per heavy atom. The van der Waals surface area contributed by atoms with Gasteiger partial charge in [0, 0.05) is 0 Å². The van der Waals surface area contributed by atoms with Crippen molar-refractivity contribution in [3.05, 3.63) is 65.7 Å². The molecule has 0 aliphatic carbocycles. The molecule has 3 heteroatoms. The predicted molar refractivity (Wildman–Crippen MR) is 82.6 cm³/mol. The first-order valence-corrected chi connectivity index (χ1v) is 6.96. The summed E-state index contributed by atoms with van der Waals surface area (Å²) in [5.41, 5.74) is 1.86. The van der Waals surface area contributed by atoms with Crippen molar-refractivity contribution in [2.75, 3.05) is 0 Å². The lowest BCUT2D eigenvalue weighted by atomic mass is 10.1. The fourth-order valence-corrected chi connectivity index (χ4v) is 1.87. The van der Waals surface area contributed by atoms with Crippen LogP contribution in [-0.4, -0.2) is 11.8 Å². The second kappa shape index (κ2) is 6.44. The molecule has 0 aliphatic rings. The van der Waals surface area contributed by atoms with Crippen LogP contribution in [-0.2, 0) is 11.2 Å². The molecule has 0 heterocycles. The van der Waals surface area contributed by atoms with Gasteiger partial charge in [-0.25, -0.2) is 4.79 Å². The number of rotatable bonds is 3. The van der Waals surface area contributed by atoms with Crippen LogP contribution in [0.15, 0.2) is 54.6 Å². The van der Waals surface area contributed by atoms with Crippen molar-refractivity contribution in [2.45, 2.75) is 32.8 Å². The fraction of sp³-hybridized carbons (Fsp3) is 0.278. The number of hydrogen-bond donors (Lipinski definition) is 0. The summed E-state index contributed by atoms with van der Waals surface area (Å²) in [4.78, 5) is 11.6. The van der Waals surface area contributed by atoms with Crippen LogP contribution in [0, 0.1) is 0 Å². The molecule has 110 valence electrons. The summed E-state index contributed by atoms with van der Waals surface area (Å²) < 4.78 is 10.2. The summed E-state index contributed by atoms with van der Waals surface area (Å²) in [5.74, 6) is 0.487. The van der Waals surface area contributed by atoms with Crippen LogP contribution < -0.4 is 4.74 Å². The first kappa shape index (κ1) is 15.1. The maximum absolute atomic E-state index is 11.6. The molecule has 0 fully saturated rings. The summed E-state index contributed by atoms with van der Waals surface area (Å²) in [7, 11) is 0. The van der Waals surface area contributed by atoms with Crippen molar-refractivity contribution in [3.8, 4) is 5.75 Å². The highest BCUT2D eigenvalue weighted by molar-refractivity contribution is 5.64. The minimum atomic E-state index is -0.682. The average Bonchev–Trinajstić information content (AvgIpc) is 2.40. The fourth-order valence-electron chi connectivity index (χ4n) is 1.87. The van der Waals surface area contributed by atoms with E-state index >= 15 is 0 Å². The molecule has 0 amide bonds. The molecule has 0 saturated carbocycles. The van der Waals surface area contributed by atoms with Gasteiger partial charge in [-0.3, -0.25) is 0 Å². The largest absolute Gasteiger partial charge is 0.514 e. The maximum atomic E-state index is 11.6. The Labute approximate surface area is 125 Å². The second-order valence-electron chi connectivity index (χ2n) is 5.87. The van der Waals surface area contributed by atoms with E-state index in [2.05, 4.69) is 12.1 Å². The zero-order chi connectivity index (χ0) is 15.3. The van der Waals surface area contributed by atoms with Crippen LogP contribution in [0.3, 0.4) is 0 Å². The van der Waals surface area contributed by atoms with Crippen molar-refractivity contribution in [1.29, 1.82) is 0 Å². The normalized spacial score (nSPS) is 11.0. The summed E-state index contributed by atoms with van der Waals surface area (Å²) in [6.45, 7) is 5.41. The van der Waals surface area contributed by atoms with E-state index in [-0.39, 0.29) is 0 Å². The van der Waals surface area contributed by atoms with Crippen LogP contribution in [0.1, 0.15) is 31.9 Å². The van der Waals surface area contributed by atoms with Gasteiger partial charge in [0.05, 0.1) is 0 Å². The Kier molecular flexibility index (Phi) is 4.63. The minimum absolute atomic E-state index is 0.487. The number of carbonyl (C=O) groups is 1. The molecule has 0 aromatic heterocycles. The van der Waals surface area contributed by atoms with Crippen molar-refractivity contribution in [2.24, 2.45) is 0 Å². The van der Waals surface area contributed by atoms with Gasteiger partial charge in [0.1, 0.15) is 11.4 Å². The zero-order valence-electron chi connectivity index (χ0n) is 12.6. The van der Waals surface area contributed by atoms with E-state index in [0.29, 0.717) is 5.75 Å². The van der Waals surface area contributed by atoms with Crippen molar-refractivity contribution >= 4 is 6.16 Å². The average molecular weight is 284 g/mol. The molecule has 2 aromatic carbocycles. The molecule has 0 radical (unpaired) electrons. The minimum Gasteiger partial charge on any atom is -0.428 e. The SMILES string of the molecule is CC(C)(C)OC(=O)Oc1ccc(Cc2ccccc2)cc1. The highest BCUT2D eigenvalue weighted by atomic mass is 16.7. The lowest BCUT2D eigenvalue weighted by molar-refractivity contribution is 0.0206. The third-order valence-corrected chi connectivity index (χ3v) is 2.77. The molecule has 0 unspecified atom stereocenters. The van der Waals surface area contributed by atoms with Gasteiger partial charge in [-0.1, -0.05) is 42.5 Å². The maximum Gasteiger partial charge on any atom is 0.514 e. The molecular formula is C18H20O3. The Morgan fingerprint density at radius 2 is 1.48 bits per heavy atom. The van der Waals surface area contributed by atoms with E-state index in [9.17, 15) is 4.79 Å². The quantitative estimate of drug-likeness (QED) is 0.611. The molecule has 0 aliphatic heterocycles. The molecule has 2 rings (SSSR count). The Bertz CT molecular complexity index is 580. The molecule has 0 saturated heterocycles. The summed E-state index contributed by atoms with van der Waals surface area (Å²) >= 11 is 0. The molecular weight excluding hydrogens is 264 g/mol. The first-order valence-electron chi connectivity index (χ1n) is 6.96. The van der Waals surface area contributed by atoms with Gasteiger partial charge in [0.15, 0.2) is 0 Å². The van der Waals surface area contributed by atoms with Crippen LogP contribution in [0.5, 0.6) is 5.75 Å². The third kappa shape index (κ3) is 5.30. The monoisotopic (exact) mass is 284 g/mol. The molecule has 21 heavy (non-hydrogen) atoms. The van der Waals surface area contributed by atoms with E-state index in [1.807, 2.05) is 30.3 Å². The molecule has 3 nitrogen and oxygen atoms in total. The molecule has 0 bridgehead atoms. The highest BCUT2D eigenvalue weighted by Crippen LogP contribution is 2.17. The number of hydrogen-bond acceptors (Lipinski definition) is 3. The predicted octanol–water partition coefficient (Wildman–Crippen LogP) is 4.59. The number of carbonyl (C=O) groups excluding carboxylic acids is 1. The molecule has 0 N–H and O–H groups in total. The Hall–Kier alpha value is -2.29.